The molecule has 132 valence electrons. The number of rotatable bonds is 5. The number of hydrogen-bond acceptors (Lipinski definition) is 5. The molecular formula is C17H25N3O4. The molecule has 2 amide bonds. The Morgan fingerprint density at radius 3 is 2.67 bits per heavy atom. The number of esters is 1. The molecule has 1 atom stereocenters. The molecule has 2 rings (SSSR count). The van der Waals surface area contributed by atoms with E-state index in [9.17, 15) is 9.59 Å². The van der Waals surface area contributed by atoms with Gasteiger partial charge in [-0.2, -0.15) is 0 Å². The van der Waals surface area contributed by atoms with Crippen LogP contribution in [-0.2, 0) is 9.47 Å². The van der Waals surface area contributed by atoms with Crippen molar-refractivity contribution in [3.8, 4) is 0 Å². The summed E-state index contributed by atoms with van der Waals surface area (Å²) in [5.41, 5.74) is 1.09. The third-order valence-corrected chi connectivity index (χ3v) is 3.88. The van der Waals surface area contributed by atoms with Crippen molar-refractivity contribution in [2.45, 2.75) is 12.5 Å². The molecule has 0 aliphatic carbocycles. The summed E-state index contributed by atoms with van der Waals surface area (Å²) in [6.45, 7) is 2.63. The van der Waals surface area contributed by atoms with Gasteiger partial charge in [0.15, 0.2) is 0 Å². The Balaban J connectivity index is 1.88. The molecule has 0 radical (unpaired) electrons. The number of hydrogen-bond donors (Lipinski definition) is 1. The van der Waals surface area contributed by atoms with Gasteiger partial charge in [-0.3, -0.25) is 0 Å². The number of benzene rings is 1. The summed E-state index contributed by atoms with van der Waals surface area (Å²) in [4.78, 5) is 27.7. The zero-order chi connectivity index (χ0) is 17.5. The van der Waals surface area contributed by atoms with Gasteiger partial charge >= 0.3 is 12.0 Å². The fourth-order valence-corrected chi connectivity index (χ4v) is 2.49. The number of nitrogens with zero attached hydrogens (tertiary/aromatic N) is 2. The van der Waals surface area contributed by atoms with E-state index in [1.807, 2.05) is 14.1 Å². The molecule has 1 heterocycles. The SMILES string of the molecule is COC(=O)c1ccc(NC(=O)N2CCO[C@H](CCN(C)C)C2)cc1. The Labute approximate surface area is 142 Å². The number of ether oxygens (including phenoxy) is 2. The second-order valence-electron chi connectivity index (χ2n) is 6.03. The molecule has 7 nitrogen and oxygen atoms in total. The Morgan fingerprint density at radius 1 is 1.33 bits per heavy atom. The Bertz CT molecular complexity index is 559. The van der Waals surface area contributed by atoms with Crippen molar-refractivity contribution in [2.75, 3.05) is 52.8 Å². The predicted octanol–water partition coefficient (Wildman–Crippen LogP) is 1.66. The maximum atomic E-state index is 12.4. The smallest absolute Gasteiger partial charge is 0.337 e. The average Bonchev–Trinajstić information content (AvgIpc) is 2.60. The molecule has 0 saturated carbocycles. The van der Waals surface area contributed by atoms with Crippen LogP contribution in [0.4, 0.5) is 10.5 Å². The molecule has 0 bridgehead atoms. The van der Waals surface area contributed by atoms with Crippen molar-refractivity contribution < 1.29 is 19.1 Å². The van der Waals surface area contributed by atoms with Crippen LogP contribution in [0.1, 0.15) is 16.8 Å². The first-order chi connectivity index (χ1) is 11.5. The number of nitrogens with one attached hydrogen (secondary N) is 1. The largest absolute Gasteiger partial charge is 0.465 e. The number of morpholine rings is 1. The summed E-state index contributed by atoms with van der Waals surface area (Å²) in [5, 5.41) is 2.85. The van der Waals surface area contributed by atoms with Crippen LogP contribution >= 0.6 is 0 Å². The van der Waals surface area contributed by atoms with Crippen LogP contribution in [0.2, 0.25) is 0 Å². The van der Waals surface area contributed by atoms with E-state index in [0.717, 1.165) is 13.0 Å². The fraction of sp³-hybridized carbons (Fsp3) is 0.529. The summed E-state index contributed by atoms with van der Waals surface area (Å²) in [6, 6.07) is 6.47. The predicted molar refractivity (Wildman–Crippen MR) is 91.3 cm³/mol. The minimum Gasteiger partial charge on any atom is -0.465 e. The van der Waals surface area contributed by atoms with Crippen molar-refractivity contribution in [1.29, 1.82) is 0 Å². The van der Waals surface area contributed by atoms with Gasteiger partial charge in [-0.1, -0.05) is 0 Å². The molecule has 1 aromatic rings. The van der Waals surface area contributed by atoms with Crippen LogP contribution in [0.5, 0.6) is 0 Å². The Hall–Kier alpha value is -2.12. The lowest BCUT2D eigenvalue weighted by Crippen LogP contribution is -2.47. The van der Waals surface area contributed by atoms with E-state index in [-0.39, 0.29) is 12.1 Å². The molecule has 1 saturated heterocycles. The molecule has 0 aromatic heterocycles. The molecular weight excluding hydrogens is 310 g/mol. The molecule has 0 spiro atoms. The average molecular weight is 335 g/mol. The first-order valence-corrected chi connectivity index (χ1v) is 8.00. The highest BCUT2D eigenvalue weighted by atomic mass is 16.5. The molecule has 1 fully saturated rings. The maximum absolute atomic E-state index is 12.4. The second-order valence-corrected chi connectivity index (χ2v) is 6.03. The molecule has 1 aliphatic heterocycles. The third kappa shape index (κ3) is 5.21. The zero-order valence-electron chi connectivity index (χ0n) is 14.4. The minimum absolute atomic E-state index is 0.0635. The van der Waals surface area contributed by atoms with Crippen LogP contribution in [0.15, 0.2) is 24.3 Å². The van der Waals surface area contributed by atoms with Gasteiger partial charge in [0.05, 0.1) is 25.4 Å². The third-order valence-electron chi connectivity index (χ3n) is 3.88. The lowest BCUT2D eigenvalue weighted by Gasteiger charge is -2.33. The van der Waals surface area contributed by atoms with Gasteiger partial charge < -0.3 is 24.6 Å². The standard InChI is InChI=1S/C17H25N3O4/c1-19(2)9-8-15-12-20(10-11-24-15)17(22)18-14-6-4-13(5-7-14)16(21)23-3/h4-7,15H,8-12H2,1-3H3,(H,18,22)/t15-/m1/s1. The van der Waals surface area contributed by atoms with E-state index in [4.69, 9.17) is 4.74 Å². The molecule has 0 unspecified atom stereocenters. The van der Waals surface area contributed by atoms with Gasteiger partial charge in [-0.05, 0) is 44.8 Å². The first kappa shape index (κ1) is 18.2. The first-order valence-electron chi connectivity index (χ1n) is 8.00. The van der Waals surface area contributed by atoms with Crippen LogP contribution in [0.3, 0.4) is 0 Å². The number of methoxy groups -OCH3 is 1. The van der Waals surface area contributed by atoms with Gasteiger partial charge in [0, 0.05) is 25.3 Å². The number of urea groups is 1. The number of anilines is 1. The topological polar surface area (TPSA) is 71.1 Å². The van der Waals surface area contributed by atoms with E-state index in [1.165, 1.54) is 7.11 Å². The second kappa shape index (κ2) is 8.65. The van der Waals surface area contributed by atoms with Gasteiger partial charge in [-0.15, -0.1) is 0 Å². The van der Waals surface area contributed by atoms with Crippen molar-refractivity contribution in [3.05, 3.63) is 29.8 Å². The van der Waals surface area contributed by atoms with Crippen molar-refractivity contribution >= 4 is 17.7 Å². The lowest BCUT2D eigenvalue weighted by atomic mass is 10.2. The van der Waals surface area contributed by atoms with E-state index < -0.39 is 5.97 Å². The highest BCUT2D eigenvalue weighted by Gasteiger charge is 2.24. The molecule has 24 heavy (non-hydrogen) atoms. The van der Waals surface area contributed by atoms with E-state index in [1.54, 1.807) is 29.2 Å². The summed E-state index contributed by atoms with van der Waals surface area (Å²) in [7, 11) is 5.37. The highest BCUT2D eigenvalue weighted by molar-refractivity contribution is 5.92. The van der Waals surface area contributed by atoms with E-state index in [0.29, 0.717) is 30.9 Å². The number of carbonyl (C=O) groups is 2. The Kier molecular flexibility index (Phi) is 6.57. The van der Waals surface area contributed by atoms with Crippen molar-refractivity contribution in [2.24, 2.45) is 0 Å². The maximum Gasteiger partial charge on any atom is 0.337 e. The van der Waals surface area contributed by atoms with Crippen molar-refractivity contribution in [3.63, 3.8) is 0 Å². The summed E-state index contributed by atoms with van der Waals surface area (Å²) in [5.74, 6) is -0.398. The van der Waals surface area contributed by atoms with Gasteiger partial charge in [-0.25, -0.2) is 9.59 Å². The lowest BCUT2D eigenvalue weighted by molar-refractivity contribution is -0.0186. The van der Waals surface area contributed by atoms with Gasteiger partial charge in [0.2, 0.25) is 0 Å². The molecule has 1 aromatic carbocycles. The monoisotopic (exact) mass is 335 g/mol. The van der Waals surface area contributed by atoms with Crippen LogP contribution in [-0.4, -0.2) is 75.4 Å². The van der Waals surface area contributed by atoms with Gasteiger partial charge in [0.1, 0.15) is 0 Å². The normalized spacial score (nSPS) is 17.7. The minimum atomic E-state index is -0.398. The summed E-state index contributed by atoms with van der Waals surface area (Å²) >= 11 is 0. The number of amides is 2. The number of carbonyl (C=O) groups excluding carboxylic acids is 2. The molecule has 1 aliphatic rings. The van der Waals surface area contributed by atoms with E-state index >= 15 is 0 Å². The fourth-order valence-electron chi connectivity index (χ4n) is 2.49. The van der Waals surface area contributed by atoms with Crippen LogP contribution in [0, 0.1) is 0 Å². The molecule has 7 heteroatoms. The van der Waals surface area contributed by atoms with Crippen molar-refractivity contribution in [1.82, 2.24) is 9.80 Å². The highest BCUT2D eigenvalue weighted by Crippen LogP contribution is 2.14. The van der Waals surface area contributed by atoms with Crippen LogP contribution in [0.25, 0.3) is 0 Å². The summed E-state index contributed by atoms with van der Waals surface area (Å²) in [6.07, 6.45) is 0.957. The summed E-state index contributed by atoms with van der Waals surface area (Å²) < 4.78 is 10.4. The molecule has 1 N–H and O–H groups in total. The van der Waals surface area contributed by atoms with E-state index in [2.05, 4.69) is 15.0 Å². The van der Waals surface area contributed by atoms with Crippen LogP contribution < -0.4 is 5.32 Å². The Morgan fingerprint density at radius 2 is 2.04 bits per heavy atom. The van der Waals surface area contributed by atoms with Gasteiger partial charge in [0.25, 0.3) is 0 Å². The quantitative estimate of drug-likeness (QED) is 0.829. The zero-order valence-corrected chi connectivity index (χ0v) is 14.4.